The molecule has 1 fully saturated rings. The number of carbonyl (C=O) groups excluding carboxylic acids is 1. The van der Waals surface area contributed by atoms with E-state index in [9.17, 15) is 4.79 Å². The van der Waals surface area contributed by atoms with Crippen molar-refractivity contribution in [1.82, 2.24) is 0 Å². The molecule has 0 heterocycles. The van der Waals surface area contributed by atoms with Gasteiger partial charge in [0.05, 0.1) is 0 Å². The summed E-state index contributed by atoms with van der Waals surface area (Å²) < 4.78 is 0. The lowest BCUT2D eigenvalue weighted by molar-refractivity contribution is -0.124. The standard InChI is InChI=1S/C14H22O/c1-9-13(2,3)10-7-6-8-11(15)12(10)14(9,4)5/h7,9,12H,6,8H2,1-5H3. The van der Waals surface area contributed by atoms with Gasteiger partial charge in [0.1, 0.15) is 5.78 Å². The zero-order chi connectivity index (χ0) is 11.4. The molecule has 0 aromatic carbocycles. The van der Waals surface area contributed by atoms with Gasteiger partial charge in [0.25, 0.3) is 0 Å². The summed E-state index contributed by atoms with van der Waals surface area (Å²) in [6.07, 6.45) is 4.04. The summed E-state index contributed by atoms with van der Waals surface area (Å²) in [5.74, 6) is 1.23. The minimum Gasteiger partial charge on any atom is -0.299 e. The van der Waals surface area contributed by atoms with Crippen LogP contribution in [0.2, 0.25) is 0 Å². The average Bonchev–Trinajstić information content (AvgIpc) is 2.27. The molecule has 1 saturated carbocycles. The summed E-state index contributed by atoms with van der Waals surface area (Å²) in [5, 5.41) is 0. The minimum atomic E-state index is 0.132. The van der Waals surface area contributed by atoms with E-state index in [1.54, 1.807) is 0 Å². The van der Waals surface area contributed by atoms with Crippen LogP contribution in [0.3, 0.4) is 0 Å². The summed E-state index contributed by atoms with van der Waals surface area (Å²) >= 11 is 0. The zero-order valence-corrected chi connectivity index (χ0v) is 10.6. The van der Waals surface area contributed by atoms with Crippen LogP contribution in [-0.4, -0.2) is 5.78 Å². The van der Waals surface area contributed by atoms with Gasteiger partial charge in [0.15, 0.2) is 0 Å². The lowest BCUT2D eigenvalue weighted by Gasteiger charge is -2.33. The number of fused-ring (bicyclic) bond motifs is 1. The van der Waals surface area contributed by atoms with E-state index in [1.165, 1.54) is 5.57 Å². The van der Waals surface area contributed by atoms with E-state index in [1.807, 2.05) is 0 Å². The van der Waals surface area contributed by atoms with Gasteiger partial charge in [-0.05, 0) is 23.2 Å². The maximum atomic E-state index is 12.1. The molecule has 2 aliphatic carbocycles. The molecule has 0 aromatic rings. The van der Waals surface area contributed by atoms with E-state index in [-0.39, 0.29) is 16.7 Å². The van der Waals surface area contributed by atoms with E-state index < -0.39 is 0 Å². The third-order valence-electron chi connectivity index (χ3n) is 5.07. The first-order valence-electron chi connectivity index (χ1n) is 6.03. The highest BCUT2D eigenvalue weighted by Gasteiger charge is 2.56. The van der Waals surface area contributed by atoms with E-state index in [0.717, 1.165) is 12.8 Å². The summed E-state index contributed by atoms with van der Waals surface area (Å²) in [7, 11) is 0. The summed E-state index contributed by atoms with van der Waals surface area (Å²) in [6, 6.07) is 0. The number of carbonyl (C=O) groups is 1. The Bertz CT molecular complexity index is 333. The predicted molar refractivity (Wildman–Crippen MR) is 62.5 cm³/mol. The topological polar surface area (TPSA) is 17.1 Å². The molecule has 0 N–H and O–H groups in total. The number of hydrogen-bond acceptors (Lipinski definition) is 1. The fraction of sp³-hybridized carbons (Fsp3) is 0.786. The monoisotopic (exact) mass is 206 g/mol. The van der Waals surface area contributed by atoms with E-state index in [4.69, 9.17) is 0 Å². The first kappa shape index (κ1) is 10.9. The Labute approximate surface area is 92.9 Å². The van der Waals surface area contributed by atoms with Crippen molar-refractivity contribution in [3.05, 3.63) is 11.6 Å². The molecule has 15 heavy (non-hydrogen) atoms. The van der Waals surface area contributed by atoms with Crippen molar-refractivity contribution >= 4 is 5.78 Å². The highest BCUT2D eigenvalue weighted by molar-refractivity contribution is 5.87. The number of rotatable bonds is 0. The van der Waals surface area contributed by atoms with Crippen LogP contribution < -0.4 is 0 Å². The van der Waals surface area contributed by atoms with Gasteiger partial charge in [-0.2, -0.15) is 0 Å². The Morgan fingerprint density at radius 3 is 2.40 bits per heavy atom. The van der Waals surface area contributed by atoms with Crippen molar-refractivity contribution < 1.29 is 4.79 Å². The van der Waals surface area contributed by atoms with Crippen LogP contribution in [-0.2, 0) is 4.79 Å². The Morgan fingerprint density at radius 2 is 1.87 bits per heavy atom. The van der Waals surface area contributed by atoms with Crippen LogP contribution in [0, 0.1) is 22.7 Å². The predicted octanol–water partition coefficient (Wildman–Crippen LogP) is 3.59. The van der Waals surface area contributed by atoms with Gasteiger partial charge in [-0.15, -0.1) is 0 Å². The Kier molecular flexibility index (Phi) is 2.15. The minimum absolute atomic E-state index is 0.132. The molecule has 0 aromatic heterocycles. The third kappa shape index (κ3) is 1.25. The van der Waals surface area contributed by atoms with Crippen LogP contribution in [0.4, 0.5) is 0 Å². The van der Waals surface area contributed by atoms with Crippen molar-refractivity contribution in [3.8, 4) is 0 Å². The largest absolute Gasteiger partial charge is 0.299 e. The third-order valence-corrected chi connectivity index (χ3v) is 5.07. The smallest absolute Gasteiger partial charge is 0.140 e. The molecule has 0 radical (unpaired) electrons. The molecule has 1 heteroatoms. The number of hydrogen-bond donors (Lipinski definition) is 0. The van der Waals surface area contributed by atoms with Crippen LogP contribution in [0.25, 0.3) is 0 Å². The Balaban J connectivity index is 2.56. The van der Waals surface area contributed by atoms with Crippen LogP contribution in [0.1, 0.15) is 47.5 Å². The average molecular weight is 206 g/mol. The SMILES string of the molecule is CC1C(C)(C)C2=CCCC(=O)C2C1(C)C. The molecule has 2 aliphatic rings. The highest BCUT2D eigenvalue weighted by atomic mass is 16.1. The molecule has 0 bridgehead atoms. The van der Waals surface area contributed by atoms with E-state index >= 15 is 0 Å². The van der Waals surface area contributed by atoms with Gasteiger partial charge < -0.3 is 0 Å². The van der Waals surface area contributed by atoms with Crippen molar-refractivity contribution in [2.75, 3.05) is 0 Å². The molecule has 2 atom stereocenters. The second-order valence-electron chi connectivity index (χ2n) is 6.36. The Morgan fingerprint density at radius 1 is 1.27 bits per heavy atom. The molecule has 1 nitrogen and oxygen atoms in total. The van der Waals surface area contributed by atoms with Crippen molar-refractivity contribution in [2.45, 2.75) is 47.5 Å². The molecular weight excluding hydrogens is 184 g/mol. The summed E-state index contributed by atoms with van der Waals surface area (Å²) in [6.45, 7) is 11.4. The van der Waals surface area contributed by atoms with Gasteiger partial charge >= 0.3 is 0 Å². The highest BCUT2D eigenvalue weighted by Crippen LogP contribution is 2.61. The fourth-order valence-corrected chi connectivity index (χ4v) is 3.69. The van der Waals surface area contributed by atoms with E-state index in [2.05, 4.69) is 40.7 Å². The van der Waals surface area contributed by atoms with Crippen LogP contribution in [0.15, 0.2) is 11.6 Å². The number of ketones is 1. The van der Waals surface area contributed by atoms with Gasteiger partial charge in [-0.1, -0.05) is 46.3 Å². The van der Waals surface area contributed by atoms with Crippen molar-refractivity contribution in [1.29, 1.82) is 0 Å². The quantitative estimate of drug-likeness (QED) is 0.553. The molecule has 0 saturated heterocycles. The van der Waals surface area contributed by atoms with Gasteiger partial charge in [-0.3, -0.25) is 4.79 Å². The van der Waals surface area contributed by atoms with Gasteiger partial charge in [-0.25, -0.2) is 0 Å². The second kappa shape index (κ2) is 2.96. The molecule has 0 amide bonds. The van der Waals surface area contributed by atoms with Crippen molar-refractivity contribution in [3.63, 3.8) is 0 Å². The molecule has 0 aliphatic heterocycles. The molecule has 84 valence electrons. The van der Waals surface area contributed by atoms with Crippen molar-refractivity contribution in [2.24, 2.45) is 22.7 Å². The molecular formula is C14H22O. The maximum Gasteiger partial charge on any atom is 0.140 e. The van der Waals surface area contributed by atoms with Gasteiger partial charge in [0, 0.05) is 12.3 Å². The normalized spacial score (nSPS) is 37.4. The number of allylic oxidation sites excluding steroid dienone is 2. The first-order chi connectivity index (χ1) is 6.79. The molecule has 2 rings (SSSR count). The van der Waals surface area contributed by atoms with Crippen LogP contribution >= 0.6 is 0 Å². The molecule has 0 spiro atoms. The zero-order valence-electron chi connectivity index (χ0n) is 10.6. The van der Waals surface area contributed by atoms with E-state index in [0.29, 0.717) is 11.7 Å². The second-order valence-corrected chi connectivity index (χ2v) is 6.36. The lowest BCUT2D eigenvalue weighted by Crippen LogP contribution is -2.31. The summed E-state index contributed by atoms with van der Waals surface area (Å²) in [5.41, 5.74) is 1.74. The first-order valence-corrected chi connectivity index (χ1v) is 6.03. The maximum absolute atomic E-state index is 12.1. The van der Waals surface area contributed by atoms with Gasteiger partial charge in [0.2, 0.25) is 0 Å². The molecule has 2 unspecified atom stereocenters. The Hall–Kier alpha value is -0.590. The fourth-order valence-electron chi connectivity index (χ4n) is 3.69. The number of Topliss-reactive ketones (excluding diaryl/α,β-unsaturated/α-hetero) is 1. The van der Waals surface area contributed by atoms with Crippen LogP contribution in [0.5, 0.6) is 0 Å². The summed E-state index contributed by atoms with van der Waals surface area (Å²) in [4.78, 5) is 12.1. The lowest BCUT2D eigenvalue weighted by atomic mass is 9.71.